The molecule has 0 unspecified atom stereocenters. The van der Waals surface area contributed by atoms with Gasteiger partial charge in [-0.25, -0.2) is 13.1 Å². The molecule has 8 nitrogen and oxygen atoms in total. The summed E-state index contributed by atoms with van der Waals surface area (Å²) in [5, 5.41) is 0.670. The number of carbonyl (C=O) groups is 2. The van der Waals surface area contributed by atoms with Gasteiger partial charge >= 0.3 is 0 Å². The van der Waals surface area contributed by atoms with Crippen molar-refractivity contribution in [1.82, 2.24) is 15.6 Å². The van der Waals surface area contributed by atoms with Crippen LogP contribution in [-0.4, -0.2) is 27.3 Å². The van der Waals surface area contributed by atoms with Crippen molar-refractivity contribution in [2.75, 3.05) is 7.05 Å². The zero-order valence-electron chi connectivity index (χ0n) is 17.9. The van der Waals surface area contributed by atoms with E-state index in [1.807, 2.05) is 13.0 Å². The molecule has 0 spiro atoms. The smallest absolute Gasteiger partial charge is 0.269 e. The number of benzene rings is 3. The van der Waals surface area contributed by atoms with Crippen LogP contribution in [0.25, 0.3) is 0 Å². The lowest BCUT2D eigenvalue weighted by molar-refractivity contribution is 0.0846. The summed E-state index contributed by atoms with van der Waals surface area (Å²) in [6.07, 6.45) is 0. The molecule has 0 fully saturated rings. The van der Waals surface area contributed by atoms with Gasteiger partial charge in [-0.1, -0.05) is 23.7 Å². The number of hydrogen-bond acceptors (Lipinski definition) is 5. The fourth-order valence-electron chi connectivity index (χ4n) is 2.79. The minimum atomic E-state index is -3.60. The molecule has 0 aliphatic heterocycles. The number of amides is 2. The molecule has 3 aromatic rings. The van der Waals surface area contributed by atoms with E-state index in [0.29, 0.717) is 22.9 Å². The summed E-state index contributed by atoms with van der Waals surface area (Å²) in [6, 6.07) is 17.4. The van der Waals surface area contributed by atoms with Crippen LogP contribution in [-0.2, 0) is 16.6 Å². The van der Waals surface area contributed by atoms with Crippen molar-refractivity contribution in [1.29, 1.82) is 0 Å². The third-order valence-corrected chi connectivity index (χ3v) is 6.59. The molecule has 3 rings (SSSR count). The lowest BCUT2D eigenvalue weighted by atomic mass is 10.1. The lowest BCUT2D eigenvalue weighted by Gasteiger charge is -2.10. The van der Waals surface area contributed by atoms with E-state index in [1.165, 1.54) is 31.3 Å². The van der Waals surface area contributed by atoms with Gasteiger partial charge in [-0.3, -0.25) is 20.4 Å². The molecule has 0 saturated carbocycles. The highest BCUT2D eigenvalue weighted by molar-refractivity contribution is 7.89. The van der Waals surface area contributed by atoms with Crippen molar-refractivity contribution < 1.29 is 22.7 Å². The fourth-order valence-corrected chi connectivity index (χ4v) is 3.63. The van der Waals surface area contributed by atoms with Gasteiger partial charge < -0.3 is 4.74 Å². The second-order valence-corrected chi connectivity index (χ2v) is 9.33. The quantitative estimate of drug-likeness (QED) is 0.443. The van der Waals surface area contributed by atoms with E-state index >= 15 is 0 Å². The van der Waals surface area contributed by atoms with Crippen LogP contribution in [0.4, 0.5) is 0 Å². The Hall–Kier alpha value is -3.40. The maximum Gasteiger partial charge on any atom is 0.269 e. The maximum atomic E-state index is 12.3. The predicted octanol–water partition coefficient (Wildman–Crippen LogP) is 3.21. The first kappa shape index (κ1) is 24.2. The van der Waals surface area contributed by atoms with Crippen LogP contribution in [0.2, 0.25) is 5.02 Å². The number of aryl methyl sites for hydroxylation is 1. The van der Waals surface area contributed by atoms with Crippen LogP contribution < -0.4 is 20.3 Å². The first-order valence-electron chi connectivity index (χ1n) is 9.82. The largest absolute Gasteiger partial charge is 0.489 e. The predicted molar refractivity (Wildman–Crippen MR) is 125 cm³/mol. The van der Waals surface area contributed by atoms with E-state index < -0.39 is 21.8 Å². The van der Waals surface area contributed by atoms with E-state index in [9.17, 15) is 18.0 Å². The van der Waals surface area contributed by atoms with Gasteiger partial charge in [-0.2, -0.15) is 0 Å². The molecule has 0 aliphatic carbocycles. The van der Waals surface area contributed by atoms with Crippen molar-refractivity contribution in [2.45, 2.75) is 18.4 Å². The number of halogens is 1. The molecule has 172 valence electrons. The molecule has 33 heavy (non-hydrogen) atoms. The van der Waals surface area contributed by atoms with Crippen LogP contribution >= 0.6 is 11.6 Å². The van der Waals surface area contributed by atoms with E-state index in [-0.39, 0.29) is 10.5 Å². The van der Waals surface area contributed by atoms with E-state index in [0.717, 1.165) is 11.1 Å². The van der Waals surface area contributed by atoms with Crippen molar-refractivity contribution in [3.63, 3.8) is 0 Å². The second kappa shape index (κ2) is 10.5. The Morgan fingerprint density at radius 2 is 1.42 bits per heavy atom. The monoisotopic (exact) mass is 487 g/mol. The summed E-state index contributed by atoms with van der Waals surface area (Å²) >= 11 is 6.01. The van der Waals surface area contributed by atoms with Gasteiger partial charge in [0.25, 0.3) is 11.8 Å². The highest BCUT2D eigenvalue weighted by Crippen LogP contribution is 2.22. The van der Waals surface area contributed by atoms with Gasteiger partial charge in [0.1, 0.15) is 12.4 Å². The Bertz CT molecular complexity index is 1260. The number of hydrogen-bond donors (Lipinski definition) is 3. The van der Waals surface area contributed by atoms with E-state index in [1.54, 1.807) is 36.4 Å². The van der Waals surface area contributed by atoms with Crippen molar-refractivity contribution in [2.24, 2.45) is 0 Å². The van der Waals surface area contributed by atoms with Gasteiger partial charge in [-0.05, 0) is 79.7 Å². The van der Waals surface area contributed by atoms with Gasteiger partial charge in [0, 0.05) is 16.1 Å². The maximum absolute atomic E-state index is 12.3. The molecule has 10 heteroatoms. The molecule has 0 heterocycles. The first-order valence-corrected chi connectivity index (χ1v) is 11.7. The minimum absolute atomic E-state index is 0.0286. The van der Waals surface area contributed by atoms with Gasteiger partial charge in [-0.15, -0.1) is 0 Å². The summed E-state index contributed by atoms with van der Waals surface area (Å²) < 4.78 is 31.4. The molecule has 2 amide bonds. The molecular weight excluding hydrogens is 466 g/mol. The summed E-state index contributed by atoms with van der Waals surface area (Å²) in [4.78, 5) is 24.6. The normalized spacial score (nSPS) is 11.0. The minimum Gasteiger partial charge on any atom is -0.489 e. The number of hydrazine groups is 1. The number of rotatable bonds is 7. The van der Waals surface area contributed by atoms with E-state index in [2.05, 4.69) is 15.6 Å². The Morgan fingerprint density at radius 1 is 0.879 bits per heavy atom. The summed E-state index contributed by atoms with van der Waals surface area (Å²) in [6.45, 7) is 2.21. The topological polar surface area (TPSA) is 114 Å². The number of ether oxygens (including phenoxy) is 1. The third kappa shape index (κ3) is 6.32. The first-order chi connectivity index (χ1) is 15.7. The molecule has 0 atom stereocenters. The zero-order valence-corrected chi connectivity index (χ0v) is 19.5. The van der Waals surface area contributed by atoms with Crippen LogP contribution in [0, 0.1) is 6.92 Å². The number of carbonyl (C=O) groups excluding carboxylic acids is 2. The molecule has 3 aromatic carbocycles. The standard InChI is InChI=1S/C23H22ClN3O5S/c1-15-13-19(9-12-21(15)24)32-14-16-3-5-17(6-4-16)22(28)26-27-23(29)18-7-10-20(11-8-18)33(30,31)25-2/h3-13,25H,14H2,1-2H3,(H,26,28)(H,27,29). The Balaban J connectivity index is 1.53. The zero-order chi connectivity index (χ0) is 24.0. The summed E-state index contributed by atoms with van der Waals surface area (Å²) in [5.74, 6) is -0.392. The Labute approximate surface area is 196 Å². The second-order valence-electron chi connectivity index (χ2n) is 7.04. The molecule has 3 N–H and O–H groups in total. The SMILES string of the molecule is CNS(=O)(=O)c1ccc(C(=O)NNC(=O)c2ccc(COc3ccc(Cl)c(C)c3)cc2)cc1. The van der Waals surface area contributed by atoms with Gasteiger partial charge in [0.05, 0.1) is 4.90 Å². The van der Waals surface area contributed by atoms with E-state index in [4.69, 9.17) is 16.3 Å². The Morgan fingerprint density at radius 3 is 1.94 bits per heavy atom. The van der Waals surface area contributed by atoms with Crippen LogP contribution in [0.15, 0.2) is 71.6 Å². The average Bonchev–Trinajstić information content (AvgIpc) is 2.83. The highest BCUT2D eigenvalue weighted by atomic mass is 35.5. The van der Waals surface area contributed by atoms with Crippen LogP contribution in [0.1, 0.15) is 31.8 Å². The molecular formula is C23H22ClN3O5S. The number of sulfonamides is 1. The molecule has 0 bridgehead atoms. The third-order valence-electron chi connectivity index (χ3n) is 4.74. The Kier molecular flexibility index (Phi) is 7.70. The average molecular weight is 488 g/mol. The fraction of sp³-hybridized carbons (Fsp3) is 0.130. The highest BCUT2D eigenvalue weighted by Gasteiger charge is 2.13. The molecule has 0 aromatic heterocycles. The van der Waals surface area contributed by atoms with Gasteiger partial charge in [0.2, 0.25) is 10.0 Å². The summed E-state index contributed by atoms with van der Waals surface area (Å²) in [5.41, 5.74) is 6.94. The number of nitrogens with one attached hydrogen (secondary N) is 3. The summed E-state index contributed by atoms with van der Waals surface area (Å²) in [7, 11) is -2.30. The van der Waals surface area contributed by atoms with Crippen LogP contribution in [0.5, 0.6) is 5.75 Å². The van der Waals surface area contributed by atoms with Crippen LogP contribution in [0.3, 0.4) is 0 Å². The van der Waals surface area contributed by atoms with Crippen molar-refractivity contribution in [3.05, 3.63) is 94.0 Å². The molecule has 0 radical (unpaired) electrons. The lowest BCUT2D eigenvalue weighted by Crippen LogP contribution is -2.41. The molecule has 0 saturated heterocycles. The van der Waals surface area contributed by atoms with Crippen molar-refractivity contribution in [3.8, 4) is 5.75 Å². The van der Waals surface area contributed by atoms with Gasteiger partial charge in [0.15, 0.2) is 0 Å². The van der Waals surface area contributed by atoms with Crippen molar-refractivity contribution >= 4 is 33.4 Å². The molecule has 0 aliphatic rings.